The molecule has 0 aromatic heterocycles. The van der Waals surface area contributed by atoms with Gasteiger partial charge in [0.05, 0.1) is 6.10 Å². The number of aliphatic hydroxyl groups is 1. The van der Waals surface area contributed by atoms with E-state index in [-0.39, 0.29) is 18.7 Å². The molecule has 0 aliphatic carbocycles. The van der Waals surface area contributed by atoms with Gasteiger partial charge in [0.15, 0.2) is 0 Å². The summed E-state index contributed by atoms with van der Waals surface area (Å²) in [6.07, 6.45) is -0.777. The molecule has 1 fully saturated rings. The van der Waals surface area contributed by atoms with E-state index in [2.05, 4.69) is 0 Å². The van der Waals surface area contributed by atoms with Crippen LogP contribution < -0.4 is 0 Å². The number of phenolic OH excluding ortho intramolecular Hbond substituents is 1. The number of likely N-dealkylation sites (tertiary alicyclic amines) is 1. The van der Waals surface area contributed by atoms with Crippen molar-refractivity contribution in [3.05, 3.63) is 29.3 Å². The van der Waals surface area contributed by atoms with E-state index in [4.69, 9.17) is 5.11 Å². The smallest absolute Gasteiger partial charge is 0.326 e. The van der Waals surface area contributed by atoms with Crippen molar-refractivity contribution >= 4 is 11.9 Å². The van der Waals surface area contributed by atoms with Crippen LogP contribution in [0, 0.1) is 6.92 Å². The fraction of sp³-hybridized carbons (Fsp3) is 0.385. The minimum absolute atomic E-state index is 0.0100. The third kappa shape index (κ3) is 2.53. The summed E-state index contributed by atoms with van der Waals surface area (Å²) in [7, 11) is 0. The lowest BCUT2D eigenvalue weighted by Gasteiger charge is -2.22. The number of phenols is 1. The van der Waals surface area contributed by atoms with Gasteiger partial charge in [-0.1, -0.05) is 0 Å². The Morgan fingerprint density at radius 2 is 2.05 bits per heavy atom. The van der Waals surface area contributed by atoms with Crippen LogP contribution in [0.5, 0.6) is 5.75 Å². The molecule has 0 bridgehead atoms. The molecule has 1 aliphatic heterocycles. The van der Waals surface area contributed by atoms with Crippen molar-refractivity contribution in [2.24, 2.45) is 0 Å². The number of nitrogens with zero attached hydrogens (tertiary/aromatic N) is 1. The Kier molecular flexibility index (Phi) is 3.44. The molecule has 2 unspecified atom stereocenters. The molecule has 0 saturated carbocycles. The molecule has 2 rings (SSSR count). The molecule has 6 nitrogen and oxygen atoms in total. The summed E-state index contributed by atoms with van der Waals surface area (Å²) in [5.41, 5.74) is 0.897. The molecule has 1 aliphatic rings. The number of carboxylic acid groups (broad SMARTS) is 1. The van der Waals surface area contributed by atoms with Gasteiger partial charge in [0, 0.05) is 18.5 Å². The van der Waals surface area contributed by atoms with Gasteiger partial charge in [-0.3, -0.25) is 4.79 Å². The normalized spacial score (nSPS) is 22.5. The predicted octanol–water partition coefficient (Wildman–Crippen LogP) is 0.361. The molecule has 0 radical (unpaired) electrons. The number of aryl methyl sites for hydroxylation is 1. The number of aliphatic hydroxyl groups excluding tert-OH is 1. The number of carboxylic acids is 1. The third-order valence-corrected chi connectivity index (χ3v) is 3.27. The second-order valence-corrected chi connectivity index (χ2v) is 4.70. The molecule has 102 valence electrons. The van der Waals surface area contributed by atoms with Gasteiger partial charge in [-0.15, -0.1) is 0 Å². The summed E-state index contributed by atoms with van der Waals surface area (Å²) in [5.74, 6) is -1.52. The van der Waals surface area contributed by atoms with Crippen molar-refractivity contribution in [2.75, 3.05) is 6.54 Å². The Bertz CT molecular complexity index is 528. The summed E-state index contributed by atoms with van der Waals surface area (Å²) >= 11 is 0. The van der Waals surface area contributed by atoms with Gasteiger partial charge in [0.2, 0.25) is 0 Å². The minimum atomic E-state index is -1.12. The number of carbonyl (C=O) groups excluding carboxylic acids is 1. The molecular weight excluding hydrogens is 250 g/mol. The van der Waals surface area contributed by atoms with E-state index in [1.807, 2.05) is 0 Å². The van der Waals surface area contributed by atoms with Gasteiger partial charge in [0.25, 0.3) is 5.91 Å². The zero-order valence-electron chi connectivity index (χ0n) is 10.4. The molecule has 6 heteroatoms. The van der Waals surface area contributed by atoms with Crippen LogP contribution in [0.4, 0.5) is 0 Å². The lowest BCUT2D eigenvalue weighted by atomic mass is 10.1. The number of carbonyl (C=O) groups is 2. The highest BCUT2D eigenvalue weighted by Gasteiger charge is 2.39. The van der Waals surface area contributed by atoms with Crippen LogP contribution in [0.15, 0.2) is 18.2 Å². The van der Waals surface area contributed by atoms with Crippen molar-refractivity contribution in [3.63, 3.8) is 0 Å². The molecule has 1 aromatic carbocycles. The molecule has 1 saturated heterocycles. The molecule has 19 heavy (non-hydrogen) atoms. The van der Waals surface area contributed by atoms with Crippen molar-refractivity contribution in [1.82, 2.24) is 4.90 Å². The predicted molar refractivity (Wildman–Crippen MR) is 65.9 cm³/mol. The van der Waals surface area contributed by atoms with E-state index in [0.29, 0.717) is 11.1 Å². The van der Waals surface area contributed by atoms with Gasteiger partial charge in [0.1, 0.15) is 11.8 Å². The van der Waals surface area contributed by atoms with E-state index in [1.54, 1.807) is 6.92 Å². The van der Waals surface area contributed by atoms with Crippen LogP contribution in [0.1, 0.15) is 22.3 Å². The fourth-order valence-corrected chi connectivity index (χ4v) is 2.31. The minimum Gasteiger partial charge on any atom is -0.508 e. The van der Waals surface area contributed by atoms with Gasteiger partial charge < -0.3 is 20.2 Å². The van der Waals surface area contributed by atoms with Crippen LogP contribution >= 0.6 is 0 Å². The number of β-amino-alcohol motifs (C(OH)–C–C–N with tert-alkyl or cyclic N) is 1. The number of amides is 1. The Balaban J connectivity index is 2.30. The van der Waals surface area contributed by atoms with Crippen LogP contribution in [0.25, 0.3) is 0 Å². The first-order valence-electron chi connectivity index (χ1n) is 5.91. The van der Waals surface area contributed by atoms with E-state index >= 15 is 0 Å². The fourth-order valence-electron chi connectivity index (χ4n) is 2.31. The quantitative estimate of drug-likeness (QED) is 0.717. The maximum Gasteiger partial charge on any atom is 0.326 e. The Morgan fingerprint density at radius 1 is 1.37 bits per heavy atom. The first-order valence-corrected chi connectivity index (χ1v) is 5.91. The second-order valence-electron chi connectivity index (χ2n) is 4.70. The topological polar surface area (TPSA) is 98.1 Å². The average molecular weight is 265 g/mol. The Morgan fingerprint density at radius 3 is 2.63 bits per heavy atom. The SMILES string of the molecule is Cc1cc(O)ccc1C(=O)N1CC(O)CC1C(=O)O. The Hall–Kier alpha value is -2.08. The number of aromatic hydroxyl groups is 1. The largest absolute Gasteiger partial charge is 0.508 e. The zero-order valence-corrected chi connectivity index (χ0v) is 10.4. The molecule has 1 aromatic rings. The number of hydrogen-bond acceptors (Lipinski definition) is 4. The van der Waals surface area contributed by atoms with Gasteiger partial charge in [-0.25, -0.2) is 4.79 Å². The van der Waals surface area contributed by atoms with Crippen LogP contribution in [-0.2, 0) is 4.79 Å². The van der Waals surface area contributed by atoms with Crippen LogP contribution in [0.2, 0.25) is 0 Å². The second kappa shape index (κ2) is 4.89. The number of rotatable bonds is 2. The summed E-state index contributed by atoms with van der Waals surface area (Å²) < 4.78 is 0. The molecule has 1 heterocycles. The van der Waals surface area contributed by atoms with Gasteiger partial charge in [-0.05, 0) is 30.7 Å². The maximum atomic E-state index is 12.3. The molecule has 1 amide bonds. The van der Waals surface area contributed by atoms with Crippen LogP contribution in [0.3, 0.4) is 0 Å². The number of hydrogen-bond donors (Lipinski definition) is 3. The van der Waals surface area contributed by atoms with E-state index in [0.717, 1.165) is 4.90 Å². The standard InChI is InChI=1S/C13H15NO5/c1-7-4-8(15)2-3-10(7)12(17)14-6-9(16)5-11(14)13(18)19/h2-4,9,11,15-16H,5-6H2,1H3,(H,18,19). The molecule has 2 atom stereocenters. The van der Waals surface area contributed by atoms with Crippen molar-refractivity contribution in [2.45, 2.75) is 25.5 Å². The van der Waals surface area contributed by atoms with Gasteiger partial charge in [-0.2, -0.15) is 0 Å². The lowest BCUT2D eigenvalue weighted by Crippen LogP contribution is -2.40. The Labute approximate surface area is 109 Å². The van der Waals surface area contributed by atoms with Crippen molar-refractivity contribution in [1.29, 1.82) is 0 Å². The van der Waals surface area contributed by atoms with E-state index in [9.17, 15) is 19.8 Å². The molecular formula is C13H15NO5. The highest BCUT2D eigenvalue weighted by Crippen LogP contribution is 2.23. The van der Waals surface area contributed by atoms with E-state index in [1.165, 1.54) is 18.2 Å². The monoisotopic (exact) mass is 265 g/mol. The first-order chi connectivity index (χ1) is 8.90. The summed E-state index contributed by atoms with van der Waals surface area (Å²) in [4.78, 5) is 24.6. The highest BCUT2D eigenvalue weighted by molar-refractivity contribution is 5.98. The number of benzene rings is 1. The zero-order chi connectivity index (χ0) is 14.2. The van der Waals surface area contributed by atoms with Crippen LogP contribution in [-0.4, -0.2) is 50.8 Å². The molecule has 0 spiro atoms. The summed E-state index contributed by atoms with van der Waals surface area (Å²) in [6.45, 7) is 1.67. The summed E-state index contributed by atoms with van der Waals surface area (Å²) in [6, 6.07) is 3.27. The molecule has 3 N–H and O–H groups in total. The number of aliphatic carboxylic acids is 1. The highest BCUT2D eigenvalue weighted by atomic mass is 16.4. The lowest BCUT2D eigenvalue weighted by molar-refractivity contribution is -0.141. The van der Waals surface area contributed by atoms with Crippen molar-refractivity contribution < 1.29 is 24.9 Å². The summed E-state index contributed by atoms with van der Waals surface area (Å²) in [5, 5.41) is 27.9. The average Bonchev–Trinajstić information content (AvgIpc) is 2.70. The van der Waals surface area contributed by atoms with Gasteiger partial charge >= 0.3 is 5.97 Å². The third-order valence-electron chi connectivity index (χ3n) is 3.27. The first kappa shape index (κ1) is 13.4. The van der Waals surface area contributed by atoms with E-state index < -0.39 is 24.0 Å². The van der Waals surface area contributed by atoms with Crippen molar-refractivity contribution in [3.8, 4) is 5.75 Å². The maximum absolute atomic E-state index is 12.3.